The van der Waals surface area contributed by atoms with Crippen LogP contribution in [-0.2, 0) is 9.59 Å². The van der Waals surface area contributed by atoms with Crippen LogP contribution in [0.1, 0.15) is 31.2 Å². The van der Waals surface area contributed by atoms with E-state index in [0.717, 1.165) is 23.4 Å². The van der Waals surface area contributed by atoms with Crippen LogP contribution in [0.3, 0.4) is 0 Å². The molecule has 1 saturated heterocycles. The number of ether oxygens (including phenoxy) is 1. The quantitative estimate of drug-likeness (QED) is 0.597. The van der Waals surface area contributed by atoms with E-state index in [9.17, 15) is 9.59 Å². The lowest BCUT2D eigenvalue weighted by Crippen LogP contribution is -2.64. The van der Waals surface area contributed by atoms with Crippen LogP contribution >= 0.6 is 0 Å². The van der Waals surface area contributed by atoms with Gasteiger partial charge in [0.1, 0.15) is 11.7 Å². The summed E-state index contributed by atoms with van der Waals surface area (Å²) in [7, 11) is 0. The van der Waals surface area contributed by atoms with E-state index in [-0.39, 0.29) is 11.8 Å². The summed E-state index contributed by atoms with van der Waals surface area (Å²) in [5, 5.41) is 3.35. The molecule has 2 aromatic rings. The van der Waals surface area contributed by atoms with Gasteiger partial charge in [-0.05, 0) is 37.1 Å². The van der Waals surface area contributed by atoms with E-state index < -0.39 is 17.6 Å². The van der Waals surface area contributed by atoms with Crippen molar-refractivity contribution in [3.63, 3.8) is 0 Å². The molecule has 2 aliphatic rings. The van der Waals surface area contributed by atoms with Gasteiger partial charge in [0.25, 0.3) is 0 Å². The highest BCUT2D eigenvalue weighted by Gasteiger charge is 2.55. The van der Waals surface area contributed by atoms with Crippen LogP contribution < -0.4 is 15.8 Å². The first kappa shape index (κ1) is 18.3. The Morgan fingerprint density at radius 2 is 1.93 bits per heavy atom. The molecule has 6 heteroatoms. The molecule has 2 heterocycles. The Labute approximate surface area is 164 Å². The van der Waals surface area contributed by atoms with Crippen LogP contribution in [0.2, 0.25) is 0 Å². The molecule has 3 atom stereocenters. The summed E-state index contributed by atoms with van der Waals surface area (Å²) >= 11 is 0. The van der Waals surface area contributed by atoms with Gasteiger partial charge < -0.3 is 20.7 Å². The van der Waals surface area contributed by atoms with Crippen molar-refractivity contribution in [1.82, 2.24) is 4.90 Å². The number of rotatable bonds is 6. The van der Waals surface area contributed by atoms with Crippen molar-refractivity contribution in [3.05, 3.63) is 60.2 Å². The standard InChI is InChI=1S/C22H25N3O3/c1-22-14-17(16-10-5-6-11-18(16)28-22)19(20(23)26)21(27)25(22)13-7-12-24-15-8-3-2-4-9-15/h2-6,8-11,17,19,24H,7,12-14H2,1H3,(H2,23,26)/t17-,19+,22-/m0/s1. The van der Waals surface area contributed by atoms with E-state index in [2.05, 4.69) is 5.32 Å². The first-order valence-corrected chi connectivity index (χ1v) is 9.67. The van der Waals surface area contributed by atoms with E-state index >= 15 is 0 Å². The lowest BCUT2D eigenvalue weighted by molar-refractivity contribution is -0.175. The van der Waals surface area contributed by atoms with Gasteiger partial charge in [-0.25, -0.2) is 0 Å². The Morgan fingerprint density at radius 1 is 1.21 bits per heavy atom. The average Bonchev–Trinajstić information content (AvgIpc) is 2.67. The van der Waals surface area contributed by atoms with Gasteiger partial charge in [-0.15, -0.1) is 0 Å². The molecule has 0 unspecified atom stereocenters. The summed E-state index contributed by atoms with van der Waals surface area (Å²) in [6.45, 7) is 3.13. The molecule has 0 spiro atoms. The molecule has 2 amide bonds. The summed E-state index contributed by atoms with van der Waals surface area (Å²) < 4.78 is 6.25. The second-order valence-corrected chi connectivity index (χ2v) is 7.64. The fourth-order valence-electron chi connectivity index (χ4n) is 4.40. The third-order valence-electron chi connectivity index (χ3n) is 5.72. The number of nitrogens with zero attached hydrogens (tertiary/aromatic N) is 1. The van der Waals surface area contributed by atoms with E-state index in [1.54, 1.807) is 4.90 Å². The van der Waals surface area contributed by atoms with Crippen molar-refractivity contribution in [2.24, 2.45) is 11.7 Å². The predicted molar refractivity (Wildman–Crippen MR) is 107 cm³/mol. The number of carbonyl (C=O) groups excluding carboxylic acids is 2. The molecule has 28 heavy (non-hydrogen) atoms. The molecular weight excluding hydrogens is 354 g/mol. The molecule has 2 aromatic carbocycles. The maximum atomic E-state index is 13.2. The zero-order valence-electron chi connectivity index (χ0n) is 15.9. The Kier molecular flexibility index (Phi) is 4.71. The topological polar surface area (TPSA) is 84.7 Å². The monoisotopic (exact) mass is 379 g/mol. The fourth-order valence-corrected chi connectivity index (χ4v) is 4.40. The number of carbonyl (C=O) groups is 2. The second kappa shape index (κ2) is 7.19. The minimum absolute atomic E-state index is 0.236. The second-order valence-electron chi connectivity index (χ2n) is 7.64. The molecule has 0 saturated carbocycles. The van der Waals surface area contributed by atoms with Gasteiger partial charge in [0.15, 0.2) is 5.72 Å². The summed E-state index contributed by atoms with van der Waals surface area (Å²) in [6, 6.07) is 17.5. The number of hydrogen-bond donors (Lipinski definition) is 2. The number of fused-ring (bicyclic) bond motifs is 4. The lowest BCUT2D eigenvalue weighted by atomic mass is 9.73. The predicted octanol–water partition coefficient (Wildman–Crippen LogP) is 2.71. The molecule has 1 fully saturated rings. The highest BCUT2D eigenvalue weighted by atomic mass is 16.5. The molecule has 6 nitrogen and oxygen atoms in total. The van der Waals surface area contributed by atoms with Crippen LogP contribution in [0.15, 0.2) is 54.6 Å². The van der Waals surface area contributed by atoms with E-state index in [4.69, 9.17) is 10.5 Å². The zero-order chi connectivity index (χ0) is 19.7. The number of para-hydroxylation sites is 2. The zero-order valence-corrected chi connectivity index (χ0v) is 15.9. The molecule has 0 radical (unpaired) electrons. The van der Waals surface area contributed by atoms with E-state index in [1.807, 2.05) is 61.5 Å². The minimum Gasteiger partial charge on any atom is -0.468 e. The van der Waals surface area contributed by atoms with Gasteiger partial charge in [0.2, 0.25) is 11.8 Å². The minimum atomic E-state index is -0.847. The largest absolute Gasteiger partial charge is 0.468 e. The summed E-state index contributed by atoms with van der Waals surface area (Å²) in [5.41, 5.74) is 6.81. The third-order valence-corrected chi connectivity index (χ3v) is 5.72. The smallest absolute Gasteiger partial charge is 0.238 e. The Balaban J connectivity index is 1.52. The van der Waals surface area contributed by atoms with Gasteiger partial charge in [0, 0.05) is 31.1 Å². The number of primary amides is 1. The Morgan fingerprint density at radius 3 is 2.68 bits per heavy atom. The van der Waals surface area contributed by atoms with Gasteiger partial charge in [0.05, 0.1) is 0 Å². The maximum absolute atomic E-state index is 13.2. The number of benzene rings is 2. The van der Waals surface area contributed by atoms with Gasteiger partial charge in [-0.1, -0.05) is 36.4 Å². The Hall–Kier alpha value is -3.02. The summed E-state index contributed by atoms with van der Waals surface area (Å²) in [4.78, 5) is 27.0. The first-order chi connectivity index (χ1) is 13.5. The van der Waals surface area contributed by atoms with Crippen molar-refractivity contribution in [1.29, 1.82) is 0 Å². The van der Waals surface area contributed by atoms with Crippen molar-refractivity contribution in [3.8, 4) is 5.75 Å². The van der Waals surface area contributed by atoms with Crippen molar-refractivity contribution in [2.45, 2.75) is 31.4 Å². The molecule has 2 bridgehead atoms. The van der Waals surface area contributed by atoms with Gasteiger partial charge in [-0.3, -0.25) is 9.59 Å². The maximum Gasteiger partial charge on any atom is 0.238 e. The van der Waals surface area contributed by atoms with Crippen molar-refractivity contribution >= 4 is 17.5 Å². The number of likely N-dealkylation sites (tertiary alicyclic amines) is 1. The first-order valence-electron chi connectivity index (χ1n) is 9.67. The Bertz CT molecular complexity index is 886. The molecular formula is C22H25N3O3. The molecule has 0 aromatic heterocycles. The lowest BCUT2D eigenvalue weighted by Gasteiger charge is -2.52. The number of piperidine rings is 1. The molecule has 146 valence electrons. The fraction of sp³-hybridized carbons (Fsp3) is 0.364. The molecule has 2 aliphatic heterocycles. The van der Waals surface area contributed by atoms with E-state index in [0.29, 0.717) is 19.5 Å². The van der Waals surface area contributed by atoms with Crippen LogP contribution in [0, 0.1) is 5.92 Å². The van der Waals surface area contributed by atoms with E-state index in [1.165, 1.54) is 0 Å². The van der Waals surface area contributed by atoms with Gasteiger partial charge in [-0.2, -0.15) is 0 Å². The highest BCUT2D eigenvalue weighted by molar-refractivity contribution is 6.01. The number of amides is 2. The third kappa shape index (κ3) is 3.19. The average molecular weight is 379 g/mol. The van der Waals surface area contributed by atoms with Crippen molar-refractivity contribution in [2.75, 3.05) is 18.4 Å². The highest BCUT2D eigenvalue weighted by Crippen LogP contribution is 2.49. The molecule has 4 rings (SSSR count). The number of anilines is 1. The summed E-state index contributed by atoms with van der Waals surface area (Å²) in [6.07, 6.45) is 1.30. The molecule has 0 aliphatic carbocycles. The number of nitrogens with one attached hydrogen (secondary N) is 1. The van der Waals surface area contributed by atoms with Crippen molar-refractivity contribution < 1.29 is 14.3 Å². The normalized spacial score (nSPS) is 25.6. The number of hydrogen-bond acceptors (Lipinski definition) is 4. The molecule has 3 N–H and O–H groups in total. The van der Waals surface area contributed by atoms with Crippen LogP contribution in [0.5, 0.6) is 5.75 Å². The SMILES string of the molecule is C[C@@]12C[C@@H](c3ccccc3O1)[C@H](C(N)=O)C(=O)N2CCCNc1ccccc1. The van der Waals surface area contributed by atoms with Crippen LogP contribution in [-0.4, -0.2) is 35.5 Å². The van der Waals surface area contributed by atoms with Gasteiger partial charge >= 0.3 is 0 Å². The summed E-state index contributed by atoms with van der Waals surface area (Å²) in [5.74, 6) is -1.16. The van der Waals surface area contributed by atoms with Crippen LogP contribution in [0.25, 0.3) is 0 Å². The number of nitrogens with two attached hydrogens (primary N) is 1. The van der Waals surface area contributed by atoms with Crippen LogP contribution in [0.4, 0.5) is 5.69 Å².